The standard InChI is InChI=1S/C15H25N5S/c1-3-5-6-7-8-17-14(16-4-2)18-11-13-12-20-9-10-21-15(20)19-13/h9-10,12H,3-8,11H2,1-2H3,(H2,16,17,18). The molecule has 0 radical (unpaired) electrons. The van der Waals surface area contributed by atoms with Gasteiger partial charge < -0.3 is 10.6 Å². The fraction of sp³-hybridized carbons (Fsp3) is 0.600. The van der Waals surface area contributed by atoms with Crippen LogP contribution in [0.25, 0.3) is 4.96 Å². The van der Waals surface area contributed by atoms with Crippen LogP contribution in [0.15, 0.2) is 22.8 Å². The third kappa shape index (κ3) is 5.04. The molecule has 2 rings (SSSR count). The summed E-state index contributed by atoms with van der Waals surface area (Å²) < 4.78 is 2.04. The summed E-state index contributed by atoms with van der Waals surface area (Å²) in [6.45, 7) is 6.78. The fourth-order valence-corrected chi connectivity index (χ4v) is 2.83. The molecular formula is C15H25N5S. The number of hydrogen-bond donors (Lipinski definition) is 2. The molecular weight excluding hydrogens is 282 g/mol. The van der Waals surface area contributed by atoms with Crippen molar-refractivity contribution in [2.75, 3.05) is 13.1 Å². The number of thiazole rings is 1. The van der Waals surface area contributed by atoms with Gasteiger partial charge in [-0.05, 0) is 13.3 Å². The van der Waals surface area contributed by atoms with Gasteiger partial charge in [0.1, 0.15) is 0 Å². The van der Waals surface area contributed by atoms with Crippen LogP contribution in [-0.2, 0) is 6.54 Å². The number of aliphatic imine (C=N–C) groups is 1. The third-order valence-corrected chi connectivity index (χ3v) is 3.98. The van der Waals surface area contributed by atoms with Crippen LogP contribution in [-0.4, -0.2) is 28.4 Å². The van der Waals surface area contributed by atoms with E-state index in [9.17, 15) is 0 Å². The normalized spacial score (nSPS) is 12.0. The predicted octanol–water partition coefficient (Wildman–Crippen LogP) is 3.03. The molecule has 2 N–H and O–H groups in total. The van der Waals surface area contributed by atoms with Gasteiger partial charge in [0, 0.05) is 30.9 Å². The van der Waals surface area contributed by atoms with Crippen LogP contribution >= 0.6 is 11.3 Å². The number of fused-ring (bicyclic) bond motifs is 1. The minimum atomic E-state index is 0.610. The number of aromatic nitrogens is 2. The molecule has 0 spiro atoms. The van der Waals surface area contributed by atoms with Crippen LogP contribution in [0.1, 0.15) is 45.2 Å². The number of rotatable bonds is 8. The Labute approximate surface area is 130 Å². The first-order chi connectivity index (χ1) is 10.3. The van der Waals surface area contributed by atoms with Crippen molar-refractivity contribution in [1.29, 1.82) is 0 Å². The van der Waals surface area contributed by atoms with Gasteiger partial charge in [0.15, 0.2) is 10.9 Å². The summed E-state index contributed by atoms with van der Waals surface area (Å²) in [6, 6.07) is 0. The van der Waals surface area contributed by atoms with Gasteiger partial charge in [-0.15, -0.1) is 11.3 Å². The summed E-state index contributed by atoms with van der Waals surface area (Å²) in [4.78, 5) is 10.2. The van der Waals surface area contributed by atoms with E-state index in [4.69, 9.17) is 0 Å². The Balaban J connectivity index is 1.83. The zero-order valence-electron chi connectivity index (χ0n) is 12.9. The molecule has 0 fully saturated rings. The maximum absolute atomic E-state index is 4.60. The minimum absolute atomic E-state index is 0.610. The highest BCUT2D eigenvalue weighted by atomic mass is 32.1. The lowest BCUT2D eigenvalue weighted by molar-refractivity contribution is 0.647. The number of nitrogens with zero attached hydrogens (tertiary/aromatic N) is 3. The smallest absolute Gasteiger partial charge is 0.193 e. The first kappa shape index (κ1) is 15.8. The molecule has 0 aliphatic carbocycles. The topological polar surface area (TPSA) is 53.7 Å². The van der Waals surface area contributed by atoms with Crippen LogP contribution in [0, 0.1) is 0 Å². The molecule has 2 aromatic rings. The van der Waals surface area contributed by atoms with Gasteiger partial charge in [-0.3, -0.25) is 4.40 Å². The maximum atomic E-state index is 4.60. The van der Waals surface area contributed by atoms with Gasteiger partial charge in [-0.25, -0.2) is 9.98 Å². The Morgan fingerprint density at radius 1 is 1.29 bits per heavy atom. The lowest BCUT2D eigenvalue weighted by Gasteiger charge is -2.10. The van der Waals surface area contributed by atoms with Crippen LogP contribution in [0.5, 0.6) is 0 Å². The molecule has 0 aliphatic rings. The van der Waals surface area contributed by atoms with Crippen molar-refractivity contribution in [3.63, 3.8) is 0 Å². The fourth-order valence-electron chi connectivity index (χ4n) is 2.11. The Hall–Kier alpha value is -1.56. The number of nitrogens with one attached hydrogen (secondary N) is 2. The van der Waals surface area contributed by atoms with E-state index < -0.39 is 0 Å². The highest BCUT2D eigenvalue weighted by Gasteiger charge is 2.02. The molecule has 0 aromatic carbocycles. The van der Waals surface area contributed by atoms with E-state index in [1.54, 1.807) is 11.3 Å². The summed E-state index contributed by atoms with van der Waals surface area (Å²) in [7, 11) is 0. The van der Waals surface area contributed by atoms with Crippen LogP contribution < -0.4 is 10.6 Å². The summed E-state index contributed by atoms with van der Waals surface area (Å²) >= 11 is 1.65. The van der Waals surface area contributed by atoms with Crippen molar-refractivity contribution >= 4 is 22.3 Å². The molecule has 0 atom stereocenters. The summed E-state index contributed by atoms with van der Waals surface area (Å²) in [5.41, 5.74) is 1.00. The van der Waals surface area contributed by atoms with Gasteiger partial charge in [0.25, 0.3) is 0 Å². The van der Waals surface area contributed by atoms with Gasteiger partial charge >= 0.3 is 0 Å². The summed E-state index contributed by atoms with van der Waals surface area (Å²) in [5.74, 6) is 0.880. The van der Waals surface area contributed by atoms with E-state index in [-0.39, 0.29) is 0 Å². The van der Waals surface area contributed by atoms with Gasteiger partial charge in [0.05, 0.1) is 12.2 Å². The Morgan fingerprint density at radius 2 is 2.19 bits per heavy atom. The number of unbranched alkanes of at least 4 members (excludes halogenated alkanes) is 3. The second-order valence-electron chi connectivity index (χ2n) is 5.01. The molecule has 0 bridgehead atoms. The molecule has 0 amide bonds. The first-order valence-electron chi connectivity index (χ1n) is 7.76. The van der Waals surface area contributed by atoms with Gasteiger partial charge in [-0.1, -0.05) is 26.2 Å². The quantitative estimate of drug-likeness (QED) is 0.448. The van der Waals surface area contributed by atoms with Crippen molar-refractivity contribution in [3.8, 4) is 0 Å². The van der Waals surface area contributed by atoms with E-state index in [0.29, 0.717) is 6.54 Å². The van der Waals surface area contributed by atoms with Crippen molar-refractivity contribution in [2.45, 2.75) is 46.1 Å². The zero-order valence-corrected chi connectivity index (χ0v) is 13.7. The lowest BCUT2D eigenvalue weighted by atomic mass is 10.2. The van der Waals surface area contributed by atoms with E-state index in [0.717, 1.165) is 29.7 Å². The third-order valence-electron chi connectivity index (χ3n) is 3.21. The number of hydrogen-bond acceptors (Lipinski definition) is 3. The zero-order chi connectivity index (χ0) is 14.9. The monoisotopic (exact) mass is 307 g/mol. The maximum Gasteiger partial charge on any atom is 0.193 e. The Kier molecular flexibility index (Phi) is 6.53. The molecule has 0 saturated carbocycles. The second kappa shape index (κ2) is 8.67. The first-order valence-corrected chi connectivity index (χ1v) is 8.64. The van der Waals surface area contributed by atoms with E-state index >= 15 is 0 Å². The van der Waals surface area contributed by atoms with Crippen molar-refractivity contribution in [3.05, 3.63) is 23.5 Å². The molecule has 6 heteroatoms. The number of imidazole rings is 1. The van der Waals surface area contributed by atoms with Crippen LogP contribution in [0.4, 0.5) is 0 Å². The SMILES string of the molecule is CCCCCCNC(=NCc1cn2ccsc2n1)NCC. The minimum Gasteiger partial charge on any atom is -0.357 e. The molecule has 21 heavy (non-hydrogen) atoms. The van der Waals surface area contributed by atoms with Crippen LogP contribution in [0.3, 0.4) is 0 Å². The van der Waals surface area contributed by atoms with E-state index in [2.05, 4.69) is 34.5 Å². The average Bonchev–Trinajstić information content (AvgIpc) is 3.05. The highest BCUT2D eigenvalue weighted by Crippen LogP contribution is 2.11. The largest absolute Gasteiger partial charge is 0.357 e. The molecule has 0 saturated heterocycles. The Bertz CT molecular complexity index is 529. The average molecular weight is 307 g/mol. The van der Waals surface area contributed by atoms with E-state index in [1.165, 1.54) is 25.7 Å². The van der Waals surface area contributed by atoms with Crippen molar-refractivity contribution in [1.82, 2.24) is 20.0 Å². The molecule has 0 unspecified atom stereocenters. The van der Waals surface area contributed by atoms with Crippen molar-refractivity contribution < 1.29 is 0 Å². The summed E-state index contributed by atoms with van der Waals surface area (Å²) in [5, 5.41) is 8.70. The van der Waals surface area contributed by atoms with Gasteiger partial charge in [-0.2, -0.15) is 0 Å². The van der Waals surface area contributed by atoms with Crippen LogP contribution in [0.2, 0.25) is 0 Å². The summed E-state index contributed by atoms with van der Waals surface area (Å²) in [6.07, 6.45) is 9.11. The second-order valence-corrected chi connectivity index (χ2v) is 5.88. The van der Waals surface area contributed by atoms with Crippen molar-refractivity contribution in [2.24, 2.45) is 4.99 Å². The molecule has 116 valence electrons. The molecule has 5 nitrogen and oxygen atoms in total. The molecule has 2 aromatic heterocycles. The highest BCUT2D eigenvalue weighted by molar-refractivity contribution is 7.15. The molecule has 0 aliphatic heterocycles. The number of guanidine groups is 1. The Morgan fingerprint density at radius 3 is 2.95 bits per heavy atom. The lowest BCUT2D eigenvalue weighted by Crippen LogP contribution is -2.37. The predicted molar refractivity (Wildman–Crippen MR) is 90.0 cm³/mol. The van der Waals surface area contributed by atoms with Gasteiger partial charge in [0.2, 0.25) is 0 Å². The van der Waals surface area contributed by atoms with E-state index in [1.807, 2.05) is 22.2 Å². The molecule has 2 heterocycles.